The van der Waals surface area contributed by atoms with Crippen LogP contribution in [0.15, 0.2) is 0 Å². The monoisotopic (exact) mass is 181 g/mol. The molecule has 1 nitrogen and oxygen atoms in total. The van der Waals surface area contributed by atoms with Crippen LogP contribution in [-0.2, 0) is 0 Å². The van der Waals surface area contributed by atoms with Gasteiger partial charge in [-0.1, -0.05) is 12.8 Å². The van der Waals surface area contributed by atoms with Crippen molar-refractivity contribution in [2.75, 3.05) is 0 Å². The van der Waals surface area contributed by atoms with Gasteiger partial charge in [0.05, 0.1) is 0 Å². The second-order valence-corrected chi connectivity index (χ2v) is 3.41. The van der Waals surface area contributed by atoms with Crippen LogP contribution in [0.3, 0.4) is 0 Å². The number of alkyl halides is 3. The van der Waals surface area contributed by atoms with E-state index < -0.39 is 12.2 Å². The van der Waals surface area contributed by atoms with E-state index in [-0.39, 0.29) is 6.04 Å². The Morgan fingerprint density at radius 3 is 2.17 bits per heavy atom. The molecular weight excluding hydrogens is 167 g/mol. The van der Waals surface area contributed by atoms with E-state index in [9.17, 15) is 13.2 Å². The number of hydrogen-bond donors (Lipinski definition) is 1. The van der Waals surface area contributed by atoms with Crippen molar-refractivity contribution in [1.29, 1.82) is 0 Å². The lowest BCUT2D eigenvalue weighted by atomic mass is 10.2. The van der Waals surface area contributed by atoms with E-state index in [0.29, 0.717) is 0 Å². The van der Waals surface area contributed by atoms with Crippen LogP contribution in [0.4, 0.5) is 13.2 Å². The van der Waals surface area contributed by atoms with Gasteiger partial charge in [0.2, 0.25) is 0 Å². The van der Waals surface area contributed by atoms with Crippen molar-refractivity contribution in [3.63, 3.8) is 0 Å². The van der Waals surface area contributed by atoms with Crippen LogP contribution < -0.4 is 5.32 Å². The summed E-state index contributed by atoms with van der Waals surface area (Å²) < 4.78 is 36.1. The second kappa shape index (κ2) is 3.64. The standard InChI is InChI=1S/C8H14F3N/c1-6(8(9,10)11)12-7-4-2-3-5-7/h6-7,12H,2-5H2,1H3. The molecule has 1 aliphatic carbocycles. The maximum Gasteiger partial charge on any atom is 0.403 e. The fourth-order valence-electron chi connectivity index (χ4n) is 1.54. The van der Waals surface area contributed by atoms with Crippen LogP contribution in [0.2, 0.25) is 0 Å². The molecular formula is C8H14F3N. The third kappa shape index (κ3) is 2.66. The van der Waals surface area contributed by atoms with E-state index in [1.807, 2.05) is 0 Å². The van der Waals surface area contributed by atoms with Gasteiger partial charge in [0, 0.05) is 6.04 Å². The van der Waals surface area contributed by atoms with Crippen molar-refractivity contribution >= 4 is 0 Å². The van der Waals surface area contributed by atoms with Gasteiger partial charge in [-0.15, -0.1) is 0 Å². The smallest absolute Gasteiger partial charge is 0.304 e. The molecule has 4 heteroatoms. The lowest BCUT2D eigenvalue weighted by Gasteiger charge is -2.21. The Bertz CT molecular complexity index is 138. The Kier molecular flexibility index (Phi) is 2.99. The zero-order chi connectivity index (χ0) is 9.19. The molecule has 1 aliphatic rings. The Balaban J connectivity index is 2.30. The summed E-state index contributed by atoms with van der Waals surface area (Å²) in [5.74, 6) is 0. The summed E-state index contributed by atoms with van der Waals surface area (Å²) in [5.41, 5.74) is 0. The maximum absolute atomic E-state index is 12.0. The van der Waals surface area contributed by atoms with Crippen LogP contribution in [0, 0.1) is 0 Å². The predicted octanol–water partition coefficient (Wildman–Crippen LogP) is 2.47. The van der Waals surface area contributed by atoms with E-state index in [2.05, 4.69) is 5.32 Å². The van der Waals surface area contributed by atoms with Crippen molar-refractivity contribution in [3.8, 4) is 0 Å². The van der Waals surface area contributed by atoms with Gasteiger partial charge in [-0.3, -0.25) is 0 Å². The molecule has 1 rings (SSSR count). The molecule has 0 amide bonds. The highest BCUT2D eigenvalue weighted by Gasteiger charge is 2.37. The number of halogens is 3. The van der Waals surface area contributed by atoms with E-state index in [1.54, 1.807) is 0 Å². The average Bonchev–Trinajstić information content (AvgIpc) is 2.37. The first-order valence-electron chi connectivity index (χ1n) is 4.33. The summed E-state index contributed by atoms with van der Waals surface area (Å²) in [6.07, 6.45) is -0.200. The van der Waals surface area contributed by atoms with E-state index in [0.717, 1.165) is 25.7 Å². The Morgan fingerprint density at radius 2 is 1.75 bits per heavy atom. The number of hydrogen-bond acceptors (Lipinski definition) is 1. The van der Waals surface area contributed by atoms with E-state index >= 15 is 0 Å². The summed E-state index contributed by atoms with van der Waals surface area (Å²) in [7, 11) is 0. The minimum Gasteiger partial charge on any atom is -0.304 e. The molecule has 1 N–H and O–H groups in total. The molecule has 0 aromatic carbocycles. The quantitative estimate of drug-likeness (QED) is 0.690. The second-order valence-electron chi connectivity index (χ2n) is 3.41. The first-order valence-corrected chi connectivity index (χ1v) is 4.33. The molecule has 0 saturated heterocycles. The van der Waals surface area contributed by atoms with Gasteiger partial charge >= 0.3 is 6.18 Å². The molecule has 1 atom stereocenters. The van der Waals surface area contributed by atoms with Crippen molar-refractivity contribution in [2.24, 2.45) is 0 Å². The number of rotatable bonds is 2. The lowest BCUT2D eigenvalue weighted by molar-refractivity contribution is -0.153. The molecule has 0 radical (unpaired) electrons. The topological polar surface area (TPSA) is 12.0 Å². The summed E-state index contributed by atoms with van der Waals surface area (Å²) in [6.45, 7) is 1.18. The summed E-state index contributed by atoms with van der Waals surface area (Å²) in [5, 5.41) is 2.59. The van der Waals surface area contributed by atoms with Gasteiger partial charge < -0.3 is 5.32 Å². The van der Waals surface area contributed by atoms with Crippen LogP contribution >= 0.6 is 0 Å². The van der Waals surface area contributed by atoms with Crippen molar-refractivity contribution in [3.05, 3.63) is 0 Å². The molecule has 0 aromatic rings. The molecule has 0 aliphatic heterocycles. The minimum absolute atomic E-state index is 0.0848. The third-order valence-electron chi connectivity index (χ3n) is 2.33. The SMILES string of the molecule is CC(NC1CCCC1)C(F)(F)F. The number of nitrogens with one attached hydrogen (secondary N) is 1. The van der Waals surface area contributed by atoms with Gasteiger partial charge in [-0.25, -0.2) is 0 Å². The molecule has 1 unspecified atom stereocenters. The Labute approximate surface area is 70.3 Å². The van der Waals surface area contributed by atoms with E-state index in [1.165, 1.54) is 6.92 Å². The average molecular weight is 181 g/mol. The van der Waals surface area contributed by atoms with Crippen molar-refractivity contribution in [2.45, 2.75) is 50.9 Å². The van der Waals surface area contributed by atoms with Crippen LogP contribution in [0.25, 0.3) is 0 Å². The van der Waals surface area contributed by atoms with Crippen LogP contribution in [0.5, 0.6) is 0 Å². The minimum atomic E-state index is -4.09. The summed E-state index contributed by atoms with van der Waals surface area (Å²) in [6, 6.07) is -1.28. The predicted molar refractivity (Wildman–Crippen MR) is 40.9 cm³/mol. The fourth-order valence-corrected chi connectivity index (χ4v) is 1.54. The summed E-state index contributed by atoms with van der Waals surface area (Å²) >= 11 is 0. The van der Waals surface area contributed by atoms with Crippen LogP contribution in [0.1, 0.15) is 32.6 Å². The zero-order valence-electron chi connectivity index (χ0n) is 7.12. The van der Waals surface area contributed by atoms with Gasteiger partial charge in [0.15, 0.2) is 0 Å². The first-order chi connectivity index (χ1) is 5.50. The molecule has 0 spiro atoms. The Hall–Kier alpha value is -0.250. The van der Waals surface area contributed by atoms with Crippen molar-refractivity contribution in [1.82, 2.24) is 5.32 Å². The summed E-state index contributed by atoms with van der Waals surface area (Å²) in [4.78, 5) is 0. The highest BCUT2D eigenvalue weighted by atomic mass is 19.4. The zero-order valence-corrected chi connectivity index (χ0v) is 7.12. The van der Waals surface area contributed by atoms with Crippen molar-refractivity contribution < 1.29 is 13.2 Å². The Morgan fingerprint density at radius 1 is 1.25 bits per heavy atom. The molecule has 1 saturated carbocycles. The van der Waals surface area contributed by atoms with Gasteiger partial charge in [0.1, 0.15) is 6.04 Å². The molecule has 72 valence electrons. The molecule has 12 heavy (non-hydrogen) atoms. The molecule has 0 aromatic heterocycles. The fraction of sp³-hybridized carbons (Fsp3) is 1.00. The largest absolute Gasteiger partial charge is 0.403 e. The van der Waals surface area contributed by atoms with Gasteiger partial charge in [-0.05, 0) is 19.8 Å². The molecule has 0 heterocycles. The third-order valence-corrected chi connectivity index (χ3v) is 2.33. The normalized spacial score (nSPS) is 23.0. The van der Waals surface area contributed by atoms with Crippen LogP contribution in [-0.4, -0.2) is 18.3 Å². The van der Waals surface area contributed by atoms with Gasteiger partial charge in [0.25, 0.3) is 0 Å². The molecule has 1 fully saturated rings. The van der Waals surface area contributed by atoms with E-state index in [4.69, 9.17) is 0 Å². The highest BCUT2D eigenvalue weighted by Crippen LogP contribution is 2.24. The highest BCUT2D eigenvalue weighted by molar-refractivity contribution is 4.79. The first kappa shape index (κ1) is 9.84. The lowest BCUT2D eigenvalue weighted by Crippen LogP contribution is -2.44. The van der Waals surface area contributed by atoms with Gasteiger partial charge in [-0.2, -0.15) is 13.2 Å². The maximum atomic E-state index is 12.0. The molecule has 0 bridgehead atoms.